The van der Waals surface area contributed by atoms with E-state index in [1.807, 2.05) is 0 Å². The Kier molecular flexibility index (Phi) is 6.56. The molecule has 4 nitrogen and oxygen atoms in total. The van der Waals surface area contributed by atoms with E-state index in [0.717, 1.165) is 4.47 Å². The van der Waals surface area contributed by atoms with Gasteiger partial charge in [0.05, 0.1) is 18.2 Å². The number of benzene rings is 1. The molecule has 0 spiro atoms. The Balaban J connectivity index is 2.52. The summed E-state index contributed by atoms with van der Waals surface area (Å²) in [5.74, 6) is 0.357. The normalized spacial score (nSPS) is 10.1. The highest BCUT2D eigenvalue weighted by atomic mass is 79.9. The first-order valence-corrected chi connectivity index (χ1v) is 6.90. The topological polar surface area (TPSA) is 52.6 Å². The van der Waals surface area contributed by atoms with Crippen LogP contribution in [0.3, 0.4) is 0 Å². The van der Waals surface area contributed by atoms with E-state index in [-0.39, 0.29) is 18.2 Å². The van der Waals surface area contributed by atoms with Gasteiger partial charge in [-0.05, 0) is 41.4 Å². The Morgan fingerprint density at radius 3 is 2.63 bits per heavy atom. The second-order valence-electron chi connectivity index (χ2n) is 3.93. The maximum Gasteiger partial charge on any atom is 0.305 e. The van der Waals surface area contributed by atoms with E-state index < -0.39 is 0 Å². The second-order valence-corrected chi connectivity index (χ2v) is 4.79. The summed E-state index contributed by atoms with van der Waals surface area (Å²) in [7, 11) is 1.55. The molecule has 104 valence electrons. The number of rotatable bonds is 7. The van der Waals surface area contributed by atoms with Gasteiger partial charge in [-0.2, -0.15) is 0 Å². The van der Waals surface area contributed by atoms with Gasteiger partial charge in [-0.25, -0.2) is 0 Å². The van der Waals surface area contributed by atoms with Gasteiger partial charge in [0.25, 0.3) is 0 Å². The zero-order valence-electron chi connectivity index (χ0n) is 11.1. The molecule has 0 N–H and O–H groups in total. The number of hydrogen-bond donors (Lipinski definition) is 0. The van der Waals surface area contributed by atoms with Gasteiger partial charge in [-0.15, -0.1) is 0 Å². The highest BCUT2D eigenvalue weighted by Crippen LogP contribution is 2.26. The number of methoxy groups -OCH3 is 1. The lowest BCUT2D eigenvalue weighted by Gasteiger charge is -2.06. The van der Waals surface area contributed by atoms with Crippen molar-refractivity contribution >= 4 is 27.7 Å². The molecule has 0 aliphatic carbocycles. The number of hydrogen-bond acceptors (Lipinski definition) is 4. The lowest BCUT2D eigenvalue weighted by atomic mass is 10.1. The van der Waals surface area contributed by atoms with Crippen molar-refractivity contribution in [1.82, 2.24) is 0 Å². The molecule has 0 fully saturated rings. The van der Waals surface area contributed by atoms with Crippen molar-refractivity contribution in [3.05, 3.63) is 28.2 Å². The minimum absolute atomic E-state index is 0.00454. The Labute approximate surface area is 121 Å². The van der Waals surface area contributed by atoms with Crippen LogP contribution in [0.1, 0.15) is 36.5 Å². The fourth-order valence-electron chi connectivity index (χ4n) is 1.60. The first-order valence-electron chi connectivity index (χ1n) is 6.10. The first kappa shape index (κ1) is 15.7. The van der Waals surface area contributed by atoms with Crippen molar-refractivity contribution in [1.29, 1.82) is 0 Å². The quantitative estimate of drug-likeness (QED) is 0.568. The third-order valence-corrected chi connectivity index (χ3v) is 3.22. The van der Waals surface area contributed by atoms with Crippen LogP contribution in [-0.4, -0.2) is 25.5 Å². The molecule has 0 aromatic heterocycles. The Morgan fingerprint density at radius 2 is 2.00 bits per heavy atom. The summed E-state index contributed by atoms with van der Waals surface area (Å²) in [5, 5.41) is 0. The predicted octanol–water partition coefficient (Wildman–Crippen LogP) is 3.37. The van der Waals surface area contributed by atoms with Crippen LogP contribution in [0.25, 0.3) is 0 Å². The van der Waals surface area contributed by atoms with Crippen molar-refractivity contribution < 1.29 is 19.1 Å². The van der Waals surface area contributed by atoms with Crippen molar-refractivity contribution in [2.45, 2.75) is 26.2 Å². The smallest absolute Gasteiger partial charge is 0.305 e. The minimum atomic E-state index is -0.260. The zero-order valence-corrected chi connectivity index (χ0v) is 12.7. The molecule has 19 heavy (non-hydrogen) atoms. The van der Waals surface area contributed by atoms with E-state index in [2.05, 4.69) is 15.9 Å². The van der Waals surface area contributed by atoms with Crippen LogP contribution < -0.4 is 4.74 Å². The van der Waals surface area contributed by atoms with E-state index in [9.17, 15) is 9.59 Å². The zero-order chi connectivity index (χ0) is 14.3. The summed E-state index contributed by atoms with van der Waals surface area (Å²) in [6.45, 7) is 2.13. The number of ether oxygens (including phenoxy) is 2. The van der Waals surface area contributed by atoms with E-state index >= 15 is 0 Å². The summed E-state index contributed by atoms with van der Waals surface area (Å²) in [6, 6.07) is 5.20. The second kappa shape index (κ2) is 7.94. The monoisotopic (exact) mass is 328 g/mol. The molecule has 5 heteroatoms. The molecule has 0 saturated heterocycles. The van der Waals surface area contributed by atoms with Crippen LogP contribution >= 0.6 is 15.9 Å². The van der Waals surface area contributed by atoms with Crippen LogP contribution in [0.5, 0.6) is 5.75 Å². The Bertz CT molecular complexity index is 457. The molecule has 0 bridgehead atoms. The molecule has 0 unspecified atom stereocenters. The number of Topliss-reactive ketones (excluding diaryl/α,β-unsaturated/α-hetero) is 1. The molecule has 1 aromatic carbocycles. The van der Waals surface area contributed by atoms with Crippen LogP contribution in [0.4, 0.5) is 0 Å². The minimum Gasteiger partial charge on any atom is -0.496 e. The standard InChI is InChI=1S/C14H17BrO4/c1-3-19-14(17)6-4-5-12(16)10-7-8-11(15)13(9-10)18-2/h7-9H,3-6H2,1-2H3. The molecule has 0 saturated carbocycles. The predicted molar refractivity (Wildman–Crippen MR) is 75.5 cm³/mol. The molecule has 1 aromatic rings. The van der Waals surface area contributed by atoms with Crippen LogP contribution in [0.15, 0.2) is 22.7 Å². The van der Waals surface area contributed by atoms with Crippen LogP contribution in [0, 0.1) is 0 Å². The molecule has 0 radical (unpaired) electrons. The first-order chi connectivity index (χ1) is 9.08. The molecule has 0 aliphatic rings. The fourth-order valence-corrected chi connectivity index (χ4v) is 2.01. The maximum absolute atomic E-state index is 11.9. The van der Waals surface area contributed by atoms with Gasteiger partial charge < -0.3 is 9.47 Å². The van der Waals surface area contributed by atoms with Crippen molar-refractivity contribution in [3.63, 3.8) is 0 Å². The molecule has 0 amide bonds. The summed E-state index contributed by atoms with van der Waals surface area (Å²) in [5.41, 5.74) is 0.587. The number of carbonyl (C=O) groups is 2. The van der Waals surface area contributed by atoms with Crippen molar-refractivity contribution in [2.24, 2.45) is 0 Å². The SMILES string of the molecule is CCOC(=O)CCCC(=O)c1ccc(Br)c(OC)c1. The lowest BCUT2D eigenvalue weighted by Crippen LogP contribution is -2.06. The van der Waals surface area contributed by atoms with Crippen molar-refractivity contribution in [3.8, 4) is 5.75 Å². The fraction of sp³-hybridized carbons (Fsp3) is 0.429. The number of halogens is 1. The van der Waals surface area contributed by atoms with Gasteiger partial charge in [0.2, 0.25) is 0 Å². The van der Waals surface area contributed by atoms with Crippen LogP contribution in [0.2, 0.25) is 0 Å². The highest BCUT2D eigenvalue weighted by Gasteiger charge is 2.10. The van der Waals surface area contributed by atoms with Gasteiger partial charge in [0, 0.05) is 18.4 Å². The Morgan fingerprint density at radius 1 is 1.26 bits per heavy atom. The summed E-state index contributed by atoms with van der Waals surface area (Å²) < 4.78 is 10.7. The van der Waals surface area contributed by atoms with E-state index in [1.54, 1.807) is 32.2 Å². The summed E-state index contributed by atoms with van der Waals surface area (Å²) in [6.07, 6.45) is 1.09. The Hall–Kier alpha value is -1.36. The molecule has 0 heterocycles. The third kappa shape index (κ3) is 5.03. The molecule has 0 atom stereocenters. The van der Waals surface area contributed by atoms with E-state index in [1.165, 1.54) is 0 Å². The van der Waals surface area contributed by atoms with E-state index in [4.69, 9.17) is 9.47 Å². The molecular formula is C14H17BrO4. The number of carbonyl (C=O) groups excluding carboxylic acids is 2. The maximum atomic E-state index is 11.9. The molecular weight excluding hydrogens is 312 g/mol. The van der Waals surface area contributed by atoms with Crippen molar-refractivity contribution in [2.75, 3.05) is 13.7 Å². The van der Waals surface area contributed by atoms with E-state index in [0.29, 0.717) is 30.8 Å². The third-order valence-electron chi connectivity index (χ3n) is 2.56. The lowest BCUT2D eigenvalue weighted by molar-refractivity contribution is -0.143. The molecule has 1 rings (SSSR count). The van der Waals surface area contributed by atoms with Gasteiger partial charge in [0.1, 0.15) is 5.75 Å². The summed E-state index contributed by atoms with van der Waals surface area (Å²) >= 11 is 3.33. The number of ketones is 1. The largest absolute Gasteiger partial charge is 0.496 e. The number of esters is 1. The molecule has 0 aliphatic heterocycles. The van der Waals surface area contributed by atoms with Gasteiger partial charge in [-0.1, -0.05) is 6.07 Å². The van der Waals surface area contributed by atoms with Crippen LogP contribution in [-0.2, 0) is 9.53 Å². The van der Waals surface area contributed by atoms with Gasteiger partial charge in [-0.3, -0.25) is 9.59 Å². The summed E-state index contributed by atoms with van der Waals surface area (Å²) in [4.78, 5) is 23.1. The van der Waals surface area contributed by atoms with Gasteiger partial charge in [0.15, 0.2) is 5.78 Å². The van der Waals surface area contributed by atoms with Gasteiger partial charge >= 0.3 is 5.97 Å². The average Bonchev–Trinajstić information content (AvgIpc) is 2.39. The average molecular weight is 329 g/mol. The highest BCUT2D eigenvalue weighted by molar-refractivity contribution is 9.10.